The summed E-state index contributed by atoms with van der Waals surface area (Å²) in [6, 6.07) is 0. The van der Waals surface area contributed by atoms with Crippen LogP contribution in [0.1, 0.15) is 58.3 Å². The van der Waals surface area contributed by atoms with E-state index in [2.05, 4.69) is 11.7 Å². The minimum atomic E-state index is -2.06. The molecule has 0 saturated carbocycles. The fourth-order valence-electron chi connectivity index (χ4n) is 1.70. The molecule has 6 heteroatoms. The number of hydrogen-bond acceptors (Lipinski definition) is 4. The number of rotatable bonds is 13. The van der Waals surface area contributed by atoms with Gasteiger partial charge in [0.2, 0.25) is 7.51 Å². The van der Waals surface area contributed by atoms with Gasteiger partial charge < -0.3 is 14.2 Å². The molecule has 0 fully saturated rings. The third kappa shape index (κ3) is 11.4. The summed E-state index contributed by atoms with van der Waals surface area (Å²) in [6.45, 7) is 5.42. The number of carboxylic acid groups (broad SMARTS) is 1. The van der Waals surface area contributed by atoms with E-state index in [0.29, 0.717) is 19.6 Å². The summed E-state index contributed by atoms with van der Waals surface area (Å²) in [5.74, 6) is -0.734. The highest BCUT2D eigenvalue weighted by Gasteiger charge is 2.12. The van der Waals surface area contributed by atoms with Gasteiger partial charge in [0.15, 0.2) is 0 Å². The van der Waals surface area contributed by atoms with Gasteiger partial charge in [-0.25, -0.2) is 0 Å². The van der Waals surface area contributed by atoms with E-state index in [0.717, 1.165) is 19.3 Å². The fourth-order valence-corrected chi connectivity index (χ4v) is 2.95. The van der Waals surface area contributed by atoms with Crippen LogP contribution in [-0.2, 0) is 13.8 Å². The number of unbranched alkanes of at least 4 members (excludes halogenated alkanes) is 5. The maximum atomic E-state index is 10.4. The highest BCUT2D eigenvalue weighted by Crippen LogP contribution is 2.47. The number of carboxylic acids is 1. The highest BCUT2D eigenvalue weighted by molar-refractivity contribution is 7.55. The van der Waals surface area contributed by atoms with Crippen molar-refractivity contribution in [1.29, 1.82) is 0 Å². The third-order valence-corrected chi connectivity index (χ3v) is 5.11. The highest BCUT2D eigenvalue weighted by atomic mass is 31.2. The van der Waals surface area contributed by atoms with Crippen molar-refractivity contribution >= 4 is 13.5 Å². The van der Waals surface area contributed by atoms with Crippen LogP contribution in [0.2, 0.25) is 0 Å². The molecule has 1 N–H and O–H groups in total. The first-order chi connectivity index (χ1) is 9.54. The van der Waals surface area contributed by atoms with Crippen LogP contribution in [0.25, 0.3) is 0 Å². The summed E-state index contributed by atoms with van der Waals surface area (Å²) in [4.78, 5) is 10.4. The molecule has 120 valence electrons. The molecule has 20 heavy (non-hydrogen) atoms. The van der Waals surface area contributed by atoms with E-state index in [4.69, 9.17) is 14.2 Å². The van der Waals surface area contributed by atoms with Crippen molar-refractivity contribution in [2.45, 2.75) is 58.3 Å². The molecule has 0 aliphatic heterocycles. The molecule has 0 aromatic heterocycles. The van der Waals surface area contributed by atoms with Crippen molar-refractivity contribution in [3.63, 3.8) is 0 Å². The third-order valence-electron chi connectivity index (χ3n) is 3.06. The Morgan fingerprint density at radius 2 is 1.60 bits per heavy atom. The number of hydrogen-bond donors (Lipinski definition) is 1. The van der Waals surface area contributed by atoms with E-state index in [-0.39, 0.29) is 6.42 Å². The lowest BCUT2D eigenvalue weighted by Crippen LogP contribution is -2.00. The molecule has 0 aliphatic carbocycles. The van der Waals surface area contributed by atoms with E-state index in [1.165, 1.54) is 19.3 Å². The van der Waals surface area contributed by atoms with Crippen molar-refractivity contribution < 1.29 is 18.9 Å². The van der Waals surface area contributed by atoms with Gasteiger partial charge >= 0.3 is 5.97 Å². The average molecular weight is 307 g/mol. The summed E-state index contributed by atoms with van der Waals surface area (Å²) in [7, 11) is -0.318. The Morgan fingerprint density at radius 1 is 1.05 bits per heavy atom. The molecular weight excluding hydrogens is 277 g/mol. The van der Waals surface area contributed by atoms with E-state index in [1.54, 1.807) is 7.05 Å². The summed E-state index contributed by atoms with van der Waals surface area (Å²) < 4.78 is 15.8. The van der Waals surface area contributed by atoms with E-state index < -0.39 is 13.5 Å². The van der Waals surface area contributed by atoms with Crippen molar-refractivity contribution in [3.8, 4) is 0 Å². The van der Waals surface area contributed by atoms with Crippen molar-refractivity contribution in [2.24, 2.45) is 4.74 Å². The van der Waals surface area contributed by atoms with Gasteiger partial charge in [-0.2, -0.15) is 0 Å². The van der Waals surface area contributed by atoms with Crippen LogP contribution in [-0.4, -0.2) is 38.0 Å². The molecule has 5 nitrogen and oxygen atoms in total. The normalized spacial score (nSPS) is 13.9. The van der Waals surface area contributed by atoms with Gasteiger partial charge in [-0.15, -0.1) is 0 Å². The van der Waals surface area contributed by atoms with Gasteiger partial charge in [-0.1, -0.05) is 32.6 Å². The van der Waals surface area contributed by atoms with Crippen LogP contribution in [0.5, 0.6) is 0 Å². The second-order valence-electron chi connectivity index (χ2n) is 4.93. The number of aliphatic carboxylic acids is 1. The van der Waals surface area contributed by atoms with Gasteiger partial charge in [0.05, 0.1) is 13.2 Å². The monoisotopic (exact) mass is 307 g/mol. The lowest BCUT2D eigenvalue weighted by Gasteiger charge is -2.19. The molecular formula is C14H30NO4P. The van der Waals surface area contributed by atoms with Crippen LogP contribution in [0.15, 0.2) is 4.74 Å². The predicted octanol–water partition coefficient (Wildman–Crippen LogP) is 4.54. The smallest absolute Gasteiger partial charge is 0.303 e. The number of nitrogens with zero attached hydrogens (tertiary/aromatic N) is 1. The molecule has 0 bridgehead atoms. The lowest BCUT2D eigenvalue weighted by atomic mass is 10.2. The Balaban J connectivity index is 3.70. The SMILES string of the molecule is CCCCCCOP(C)(=NC)OCCCCCC(=O)O. The zero-order valence-electron chi connectivity index (χ0n) is 13.1. The Bertz CT molecular complexity index is 308. The molecule has 0 aliphatic rings. The minimum absolute atomic E-state index is 0.235. The van der Waals surface area contributed by atoms with Crippen LogP contribution >= 0.6 is 7.51 Å². The topological polar surface area (TPSA) is 68.1 Å². The van der Waals surface area contributed by atoms with Gasteiger partial charge in [0.1, 0.15) is 0 Å². The molecule has 0 spiro atoms. The van der Waals surface area contributed by atoms with E-state index in [9.17, 15) is 4.79 Å². The molecule has 0 radical (unpaired) electrons. The summed E-state index contributed by atoms with van der Waals surface area (Å²) in [6.07, 6.45) is 7.37. The maximum absolute atomic E-state index is 10.4. The van der Waals surface area contributed by atoms with Crippen molar-refractivity contribution in [2.75, 3.05) is 26.9 Å². The molecule has 0 aromatic rings. The van der Waals surface area contributed by atoms with Gasteiger partial charge in [0.25, 0.3) is 0 Å². The maximum Gasteiger partial charge on any atom is 0.303 e. The fraction of sp³-hybridized carbons (Fsp3) is 0.929. The van der Waals surface area contributed by atoms with Gasteiger partial charge in [-0.3, -0.25) is 9.54 Å². The lowest BCUT2D eigenvalue weighted by molar-refractivity contribution is -0.137. The van der Waals surface area contributed by atoms with E-state index in [1.807, 2.05) is 6.66 Å². The zero-order valence-corrected chi connectivity index (χ0v) is 14.0. The quantitative estimate of drug-likeness (QED) is 0.401. The van der Waals surface area contributed by atoms with E-state index >= 15 is 0 Å². The van der Waals surface area contributed by atoms with Crippen LogP contribution in [0, 0.1) is 0 Å². The summed E-state index contributed by atoms with van der Waals surface area (Å²) in [5.41, 5.74) is 0. The van der Waals surface area contributed by atoms with Gasteiger partial charge in [0, 0.05) is 20.1 Å². The predicted molar refractivity (Wildman–Crippen MR) is 83.3 cm³/mol. The van der Waals surface area contributed by atoms with Crippen molar-refractivity contribution in [3.05, 3.63) is 0 Å². The number of carbonyl (C=O) groups is 1. The Morgan fingerprint density at radius 3 is 2.05 bits per heavy atom. The van der Waals surface area contributed by atoms with Gasteiger partial charge in [-0.05, 0) is 19.3 Å². The first-order valence-corrected chi connectivity index (χ1v) is 9.55. The molecule has 1 atom stereocenters. The second-order valence-corrected chi connectivity index (χ2v) is 7.46. The summed E-state index contributed by atoms with van der Waals surface area (Å²) in [5, 5.41) is 8.54. The summed E-state index contributed by atoms with van der Waals surface area (Å²) >= 11 is 0. The first kappa shape index (κ1) is 19.6. The van der Waals surface area contributed by atoms with Crippen LogP contribution in [0.3, 0.4) is 0 Å². The van der Waals surface area contributed by atoms with Crippen LogP contribution < -0.4 is 0 Å². The molecule has 0 amide bonds. The molecule has 0 aromatic carbocycles. The van der Waals surface area contributed by atoms with Crippen molar-refractivity contribution in [1.82, 2.24) is 0 Å². The minimum Gasteiger partial charge on any atom is -0.481 e. The zero-order chi connectivity index (χ0) is 15.3. The standard InChI is InChI=1S/C14H30NO4P/c1-4-5-6-9-12-18-20(3,15-2)19-13-10-7-8-11-14(16)17/h4-13H2,1-3H3,(H,16,17). The Kier molecular flexibility index (Phi) is 12.1. The van der Waals surface area contributed by atoms with Crippen LogP contribution in [0.4, 0.5) is 0 Å². The molecule has 0 saturated heterocycles. The molecule has 1 unspecified atom stereocenters. The Hall–Kier alpha value is -0.380. The molecule has 0 heterocycles. The first-order valence-electron chi connectivity index (χ1n) is 7.53. The largest absolute Gasteiger partial charge is 0.481 e. The second kappa shape index (κ2) is 12.4. The average Bonchev–Trinajstić information content (AvgIpc) is 2.42. The Labute approximate surface area is 123 Å². The molecule has 0 rings (SSSR count).